The number of rotatable bonds is 6. The standard InChI is InChI=1S/C22H21N3S/c1-2-9-19(16-10-5-3-6-11-16)25-21-18-14-20(17-12-7-4-8-13-17)26-22(18)24-15-23-21/h3-8,10-15,19H,2,9H2,1H3,(H,23,24,25). The lowest BCUT2D eigenvalue weighted by molar-refractivity contribution is 0.675. The van der Waals surface area contributed by atoms with Gasteiger partial charge in [-0.3, -0.25) is 0 Å². The van der Waals surface area contributed by atoms with Crippen molar-refractivity contribution >= 4 is 27.4 Å². The third-order valence-corrected chi connectivity index (χ3v) is 5.57. The summed E-state index contributed by atoms with van der Waals surface area (Å²) in [5.41, 5.74) is 2.51. The SMILES string of the molecule is CCCC(Nc1ncnc2sc(-c3ccccc3)cc12)c1ccccc1. The second-order valence-electron chi connectivity index (χ2n) is 6.31. The average molecular weight is 359 g/mol. The highest BCUT2D eigenvalue weighted by atomic mass is 32.1. The molecule has 4 rings (SSSR count). The molecule has 0 bridgehead atoms. The van der Waals surface area contributed by atoms with E-state index in [2.05, 4.69) is 82.9 Å². The Labute approximate surface area is 157 Å². The maximum Gasteiger partial charge on any atom is 0.138 e. The Kier molecular flexibility index (Phi) is 4.93. The minimum atomic E-state index is 0.249. The summed E-state index contributed by atoms with van der Waals surface area (Å²) >= 11 is 1.71. The van der Waals surface area contributed by atoms with Crippen molar-refractivity contribution in [3.05, 3.63) is 78.6 Å². The molecule has 0 aliphatic rings. The van der Waals surface area contributed by atoms with E-state index in [0.29, 0.717) is 0 Å². The maximum atomic E-state index is 4.55. The third kappa shape index (κ3) is 3.46. The Balaban J connectivity index is 1.70. The van der Waals surface area contributed by atoms with Crippen LogP contribution in [-0.4, -0.2) is 9.97 Å². The minimum Gasteiger partial charge on any atom is -0.363 e. The van der Waals surface area contributed by atoms with E-state index in [4.69, 9.17) is 0 Å². The van der Waals surface area contributed by atoms with Crippen LogP contribution in [0.5, 0.6) is 0 Å². The number of benzene rings is 2. The van der Waals surface area contributed by atoms with Crippen LogP contribution in [0.4, 0.5) is 5.82 Å². The van der Waals surface area contributed by atoms with Crippen LogP contribution in [0, 0.1) is 0 Å². The molecule has 0 saturated heterocycles. The van der Waals surface area contributed by atoms with E-state index < -0.39 is 0 Å². The van der Waals surface area contributed by atoms with Gasteiger partial charge in [-0.25, -0.2) is 9.97 Å². The maximum absolute atomic E-state index is 4.55. The Hall–Kier alpha value is -2.72. The normalized spacial score (nSPS) is 12.2. The van der Waals surface area contributed by atoms with Crippen molar-refractivity contribution in [2.75, 3.05) is 5.32 Å². The number of nitrogens with one attached hydrogen (secondary N) is 1. The van der Waals surface area contributed by atoms with Gasteiger partial charge < -0.3 is 5.32 Å². The Morgan fingerprint density at radius 2 is 1.69 bits per heavy atom. The smallest absolute Gasteiger partial charge is 0.138 e. The van der Waals surface area contributed by atoms with Gasteiger partial charge in [0.2, 0.25) is 0 Å². The topological polar surface area (TPSA) is 37.8 Å². The Bertz CT molecular complexity index is 980. The number of hydrogen-bond acceptors (Lipinski definition) is 4. The lowest BCUT2D eigenvalue weighted by Gasteiger charge is -2.19. The number of fused-ring (bicyclic) bond motifs is 1. The molecule has 4 heteroatoms. The highest BCUT2D eigenvalue weighted by molar-refractivity contribution is 7.21. The van der Waals surface area contributed by atoms with Crippen molar-refractivity contribution in [3.8, 4) is 10.4 Å². The predicted octanol–water partition coefficient (Wildman–Crippen LogP) is 6.31. The molecule has 0 radical (unpaired) electrons. The second-order valence-corrected chi connectivity index (χ2v) is 7.34. The Morgan fingerprint density at radius 1 is 0.962 bits per heavy atom. The fourth-order valence-electron chi connectivity index (χ4n) is 3.18. The van der Waals surface area contributed by atoms with Gasteiger partial charge in [0.25, 0.3) is 0 Å². The van der Waals surface area contributed by atoms with Crippen LogP contribution in [0.2, 0.25) is 0 Å². The van der Waals surface area contributed by atoms with Crippen LogP contribution in [0.25, 0.3) is 20.7 Å². The molecule has 1 atom stereocenters. The number of nitrogens with zero attached hydrogens (tertiary/aromatic N) is 2. The molecule has 2 aromatic heterocycles. The third-order valence-electron chi connectivity index (χ3n) is 4.48. The highest BCUT2D eigenvalue weighted by Crippen LogP contribution is 2.36. The molecule has 3 nitrogen and oxygen atoms in total. The van der Waals surface area contributed by atoms with Gasteiger partial charge >= 0.3 is 0 Å². The van der Waals surface area contributed by atoms with Gasteiger partial charge in [0.05, 0.1) is 11.4 Å². The van der Waals surface area contributed by atoms with Crippen LogP contribution in [0.15, 0.2) is 73.1 Å². The fourth-order valence-corrected chi connectivity index (χ4v) is 4.18. The zero-order valence-corrected chi connectivity index (χ0v) is 15.5. The number of hydrogen-bond donors (Lipinski definition) is 1. The van der Waals surface area contributed by atoms with Gasteiger partial charge in [-0.05, 0) is 23.6 Å². The van der Waals surface area contributed by atoms with Crippen molar-refractivity contribution in [3.63, 3.8) is 0 Å². The van der Waals surface area contributed by atoms with Crippen LogP contribution in [0.1, 0.15) is 31.4 Å². The van der Waals surface area contributed by atoms with E-state index in [-0.39, 0.29) is 6.04 Å². The van der Waals surface area contributed by atoms with Crippen LogP contribution >= 0.6 is 11.3 Å². The molecule has 130 valence electrons. The number of anilines is 1. The summed E-state index contributed by atoms with van der Waals surface area (Å²) in [6.07, 6.45) is 3.83. The Morgan fingerprint density at radius 3 is 2.42 bits per heavy atom. The molecule has 0 aliphatic carbocycles. The lowest BCUT2D eigenvalue weighted by Crippen LogP contribution is -2.11. The molecule has 0 aliphatic heterocycles. The van der Waals surface area contributed by atoms with Gasteiger partial charge in [0.15, 0.2) is 0 Å². The van der Waals surface area contributed by atoms with E-state index in [1.807, 2.05) is 6.07 Å². The van der Waals surface area contributed by atoms with Crippen LogP contribution < -0.4 is 5.32 Å². The van der Waals surface area contributed by atoms with E-state index >= 15 is 0 Å². The largest absolute Gasteiger partial charge is 0.363 e. The highest BCUT2D eigenvalue weighted by Gasteiger charge is 2.15. The first-order valence-corrected chi connectivity index (χ1v) is 9.78. The lowest BCUT2D eigenvalue weighted by atomic mass is 10.0. The molecule has 0 amide bonds. The first-order valence-electron chi connectivity index (χ1n) is 8.96. The van der Waals surface area contributed by atoms with Gasteiger partial charge in [-0.15, -0.1) is 11.3 Å². The molecule has 1 unspecified atom stereocenters. The minimum absolute atomic E-state index is 0.249. The summed E-state index contributed by atoms with van der Waals surface area (Å²) in [6, 6.07) is 23.5. The van der Waals surface area contributed by atoms with E-state index in [9.17, 15) is 0 Å². The summed E-state index contributed by atoms with van der Waals surface area (Å²) in [5.74, 6) is 0.913. The molecule has 0 saturated carbocycles. The molecule has 2 heterocycles. The van der Waals surface area contributed by atoms with E-state index in [0.717, 1.165) is 28.9 Å². The fraction of sp³-hybridized carbons (Fsp3) is 0.182. The summed E-state index contributed by atoms with van der Waals surface area (Å²) in [7, 11) is 0. The molecule has 0 fully saturated rings. The molecule has 26 heavy (non-hydrogen) atoms. The zero-order valence-electron chi connectivity index (χ0n) is 14.7. The van der Waals surface area contributed by atoms with Gasteiger partial charge in [0, 0.05) is 4.88 Å². The van der Waals surface area contributed by atoms with Gasteiger partial charge in [-0.1, -0.05) is 74.0 Å². The van der Waals surface area contributed by atoms with E-state index in [1.165, 1.54) is 16.0 Å². The van der Waals surface area contributed by atoms with Crippen molar-refractivity contribution in [1.82, 2.24) is 9.97 Å². The molecule has 0 spiro atoms. The summed E-state index contributed by atoms with van der Waals surface area (Å²) in [4.78, 5) is 11.3. The summed E-state index contributed by atoms with van der Waals surface area (Å²) < 4.78 is 0. The first-order chi connectivity index (χ1) is 12.8. The zero-order chi connectivity index (χ0) is 17.8. The van der Waals surface area contributed by atoms with Crippen LogP contribution in [-0.2, 0) is 0 Å². The number of thiophene rings is 1. The molecular weight excluding hydrogens is 338 g/mol. The summed E-state index contributed by atoms with van der Waals surface area (Å²) in [5, 5.41) is 4.75. The molecule has 4 aromatic rings. The quantitative estimate of drug-likeness (QED) is 0.438. The van der Waals surface area contributed by atoms with Crippen molar-refractivity contribution in [2.45, 2.75) is 25.8 Å². The molecule has 2 aromatic carbocycles. The van der Waals surface area contributed by atoms with Gasteiger partial charge in [0.1, 0.15) is 17.0 Å². The van der Waals surface area contributed by atoms with Crippen molar-refractivity contribution in [2.24, 2.45) is 0 Å². The monoisotopic (exact) mass is 359 g/mol. The van der Waals surface area contributed by atoms with Gasteiger partial charge in [-0.2, -0.15) is 0 Å². The second kappa shape index (κ2) is 7.67. The van der Waals surface area contributed by atoms with Crippen molar-refractivity contribution < 1.29 is 0 Å². The molecular formula is C22H21N3S. The molecule has 1 N–H and O–H groups in total. The first kappa shape index (κ1) is 16.7. The number of aromatic nitrogens is 2. The average Bonchev–Trinajstić information content (AvgIpc) is 3.14. The van der Waals surface area contributed by atoms with Crippen molar-refractivity contribution in [1.29, 1.82) is 0 Å². The summed E-state index contributed by atoms with van der Waals surface area (Å²) in [6.45, 7) is 2.21. The van der Waals surface area contributed by atoms with E-state index in [1.54, 1.807) is 17.7 Å². The van der Waals surface area contributed by atoms with Crippen LogP contribution in [0.3, 0.4) is 0 Å². The predicted molar refractivity (Wildman–Crippen MR) is 111 cm³/mol.